The van der Waals surface area contributed by atoms with Crippen LogP contribution < -0.4 is 11.1 Å². The number of nitrogens with one attached hydrogen (secondary N) is 1. The fourth-order valence-electron chi connectivity index (χ4n) is 3.88. The van der Waals surface area contributed by atoms with Crippen LogP contribution in [0.5, 0.6) is 0 Å². The number of imidazole rings is 1. The minimum atomic E-state index is -1.10. The van der Waals surface area contributed by atoms with Crippen LogP contribution in [0, 0.1) is 0 Å². The van der Waals surface area contributed by atoms with Gasteiger partial charge in [0.15, 0.2) is 17.7 Å². The number of fused-ring (bicyclic) bond motifs is 1. The van der Waals surface area contributed by atoms with E-state index in [1.165, 1.54) is 22.8 Å². The second-order valence-electron chi connectivity index (χ2n) is 7.61. The summed E-state index contributed by atoms with van der Waals surface area (Å²) in [7, 11) is 0. The molecule has 3 aromatic rings. The number of nitrogen functional groups attached to an aromatic ring is 1. The molecular formula is C21H26N6O4. The molecule has 4 atom stereocenters. The van der Waals surface area contributed by atoms with E-state index in [1.54, 1.807) is 0 Å². The fourth-order valence-corrected chi connectivity index (χ4v) is 3.88. The van der Waals surface area contributed by atoms with E-state index in [0.29, 0.717) is 17.6 Å². The van der Waals surface area contributed by atoms with Crippen LogP contribution >= 0.6 is 0 Å². The van der Waals surface area contributed by atoms with Gasteiger partial charge in [0.2, 0.25) is 5.91 Å². The second-order valence-corrected chi connectivity index (χ2v) is 7.61. The monoisotopic (exact) mass is 426 g/mol. The summed E-state index contributed by atoms with van der Waals surface area (Å²) in [5.74, 6) is 0.0252. The molecule has 5 N–H and O–H groups in total. The summed E-state index contributed by atoms with van der Waals surface area (Å²) in [5, 5.41) is 23.4. The molecular weight excluding hydrogens is 400 g/mol. The normalized spacial score (nSPS) is 23.3. The Morgan fingerprint density at radius 2 is 2.00 bits per heavy atom. The van der Waals surface area contributed by atoms with Crippen LogP contribution in [0.25, 0.3) is 11.2 Å². The summed E-state index contributed by atoms with van der Waals surface area (Å²) < 4.78 is 7.35. The Bertz CT molecular complexity index is 1030. The number of amides is 1. The topological polar surface area (TPSA) is 148 Å². The van der Waals surface area contributed by atoms with Gasteiger partial charge in [-0.05, 0) is 24.8 Å². The van der Waals surface area contributed by atoms with Gasteiger partial charge in [-0.15, -0.1) is 0 Å². The molecule has 1 amide bonds. The molecule has 3 unspecified atom stereocenters. The zero-order chi connectivity index (χ0) is 21.8. The number of hydrogen-bond donors (Lipinski definition) is 4. The van der Waals surface area contributed by atoms with Crippen molar-refractivity contribution in [2.24, 2.45) is 0 Å². The number of aryl methyl sites for hydroxylation is 1. The Morgan fingerprint density at radius 3 is 2.77 bits per heavy atom. The number of ether oxygens (including phenoxy) is 1. The molecule has 1 aliphatic heterocycles. The number of benzene rings is 1. The van der Waals surface area contributed by atoms with E-state index >= 15 is 0 Å². The molecule has 1 aliphatic rings. The molecule has 10 nitrogen and oxygen atoms in total. The third-order valence-electron chi connectivity index (χ3n) is 5.51. The molecule has 0 spiro atoms. The van der Waals surface area contributed by atoms with Crippen molar-refractivity contribution in [1.29, 1.82) is 0 Å². The second kappa shape index (κ2) is 9.38. The van der Waals surface area contributed by atoms with E-state index < -0.39 is 24.5 Å². The summed E-state index contributed by atoms with van der Waals surface area (Å²) in [6, 6.07) is 9.35. The third kappa shape index (κ3) is 4.50. The van der Waals surface area contributed by atoms with Crippen molar-refractivity contribution < 1.29 is 19.7 Å². The fraction of sp³-hybridized carbons (Fsp3) is 0.429. The van der Waals surface area contributed by atoms with Crippen molar-refractivity contribution in [2.45, 2.75) is 50.2 Å². The van der Waals surface area contributed by atoms with Gasteiger partial charge in [0.1, 0.15) is 24.1 Å². The maximum Gasteiger partial charge on any atom is 0.220 e. The lowest BCUT2D eigenvalue weighted by Crippen LogP contribution is -2.48. The minimum Gasteiger partial charge on any atom is -0.394 e. The van der Waals surface area contributed by atoms with Gasteiger partial charge in [-0.1, -0.05) is 30.3 Å². The molecule has 0 radical (unpaired) electrons. The van der Waals surface area contributed by atoms with E-state index in [-0.39, 0.29) is 18.3 Å². The Hall–Kier alpha value is -3.08. The Morgan fingerprint density at radius 1 is 1.19 bits per heavy atom. The van der Waals surface area contributed by atoms with Crippen LogP contribution in [0.4, 0.5) is 5.82 Å². The molecule has 4 rings (SSSR count). The maximum atomic E-state index is 12.5. The lowest BCUT2D eigenvalue weighted by molar-refractivity contribution is -0.123. The number of aliphatic hydroxyl groups excluding tert-OH is 2. The van der Waals surface area contributed by atoms with Crippen LogP contribution in [0.15, 0.2) is 43.0 Å². The zero-order valence-corrected chi connectivity index (χ0v) is 17.0. The number of aliphatic hydroxyl groups is 2. The largest absolute Gasteiger partial charge is 0.394 e. The molecule has 0 saturated carbocycles. The van der Waals surface area contributed by atoms with Crippen molar-refractivity contribution in [3.63, 3.8) is 0 Å². The van der Waals surface area contributed by atoms with E-state index in [9.17, 15) is 15.0 Å². The van der Waals surface area contributed by atoms with Gasteiger partial charge < -0.3 is 26.0 Å². The first-order chi connectivity index (χ1) is 15.1. The van der Waals surface area contributed by atoms with E-state index in [1.807, 2.05) is 18.2 Å². The van der Waals surface area contributed by atoms with Crippen LogP contribution in [0.2, 0.25) is 0 Å². The highest BCUT2D eigenvalue weighted by atomic mass is 16.5. The average Bonchev–Trinajstić information content (AvgIpc) is 3.34. The van der Waals surface area contributed by atoms with Crippen LogP contribution in [-0.4, -0.2) is 60.5 Å². The Kier molecular flexibility index (Phi) is 6.40. The van der Waals surface area contributed by atoms with E-state index in [0.717, 1.165) is 19.3 Å². The first-order valence-corrected chi connectivity index (χ1v) is 10.3. The predicted molar refractivity (Wildman–Crippen MR) is 113 cm³/mol. The molecule has 2 aromatic heterocycles. The third-order valence-corrected chi connectivity index (χ3v) is 5.51. The molecule has 0 aliphatic carbocycles. The van der Waals surface area contributed by atoms with Gasteiger partial charge >= 0.3 is 0 Å². The molecule has 31 heavy (non-hydrogen) atoms. The van der Waals surface area contributed by atoms with Gasteiger partial charge in [-0.25, -0.2) is 15.0 Å². The summed E-state index contributed by atoms with van der Waals surface area (Å²) in [6.45, 7) is -0.351. The summed E-state index contributed by atoms with van der Waals surface area (Å²) >= 11 is 0. The predicted octanol–water partition coefficient (Wildman–Crippen LogP) is 0.557. The molecule has 0 bridgehead atoms. The Labute approximate surface area is 179 Å². The number of nitrogens with zero attached hydrogens (tertiary/aromatic N) is 4. The van der Waals surface area contributed by atoms with Crippen LogP contribution in [-0.2, 0) is 16.0 Å². The van der Waals surface area contributed by atoms with Gasteiger partial charge in [0.05, 0.1) is 19.0 Å². The quantitative estimate of drug-likeness (QED) is 0.382. The lowest BCUT2D eigenvalue weighted by Gasteiger charge is -2.21. The standard InChI is InChI=1S/C21H26N6O4/c22-19-17-20(24-11-23-19)27(12-25-17)21-18(30)16(14(10-28)31-21)26-15(29)9-5-4-8-13-6-2-1-3-7-13/h1-3,6-7,11-12,14,16,18,21,28,30H,4-5,8-10H2,(H,26,29)(H2,22,23,24)/t14?,16-,18?,21?/m0/s1. The number of carbonyl (C=O) groups is 1. The van der Waals surface area contributed by atoms with Crippen molar-refractivity contribution in [3.05, 3.63) is 48.5 Å². The summed E-state index contributed by atoms with van der Waals surface area (Å²) in [4.78, 5) is 24.7. The first-order valence-electron chi connectivity index (χ1n) is 10.3. The number of nitrogens with two attached hydrogens (primary N) is 1. The van der Waals surface area contributed by atoms with Gasteiger partial charge in [0, 0.05) is 6.42 Å². The van der Waals surface area contributed by atoms with Crippen LogP contribution in [0.3, 0.4) is 0 Å². The van der Waals surface area contributed by atoms with E-state index in [4.69, 9.17) is 10.5 Å². The van der Waals surface area contributed by atoms with Crippen molar-refractivity contribution in [1.82, 2.24) is 24.8 Å². The number of rotatable bonds is 8. The molecule has 1 fully saturated rings. The average molecular weight is 426 g/mol. The number of carbonyl (C=O) groups excluding carboxylic acids is 1. The van der Waals surface area contributed by atoms with Crippen molar-refractivity contribution >= 4 is 22.9 Å². The zero-order valence-electron chi connectivity index (χ0n) is 17.0. The molecule has 3 heterocycles. The lowest BCUT2D eigenvalue weighted by atomic mass is 10.1. The van der Waals surface area contributed by atoms with Gasteiger partial charge in [-0.2, -0.15) is 0 Å². The van der Waals surface area contributed by atoms with Gasteiger partial charge in [-0.3, -0.25) is 9.36 Å². The maximum absolute atomic E-state index is 12.5. The molecule has 10 heteroatoms. The molecule has 1 saturated heterocycles. The Balaban J connectivity index is 1.36. The highest BCUT2D eigenvalue weighted by Gasteiger charge is 2.45. The highest BCUT2D eigenvalue weighted by molar-refractivity contribution is 5.81. The molecule has 1 aromatic carbocycles. The molecule has 164 valence electrons. The van der Waals surface area contributed by atoms with E-state index in [2.05, 4.69) is 32.4 Å². The smallest absolute Gasteiger partial charge is 0.220 e. The number of hydrogen-bond acceptors (Lipinski definition) is 8. The highest BCUT2D eigenvalue weighted by Crippen LogP contribution is 2.32. The van der Waals surface area contributed by atoms with Gasteiger partial charge in [0.25, 0.3) is 0 Å². The SMILES string of the molecule is Nc1ncnc2c1ncn2C1OC(CO)[C@H](NC(=O)CCCCc2ccccc2)C1O. The number of anilines is 1. The summed E-state index contributed by atoms with van der Waals surface area (Å²) in [6.07, 6.45) is 2.86. The van der Waals surface area contributed by atoms with Crippen molar-refractivity contribution in [3.8, 4) is 0 Å². The summed E-state index contributed by atoms with van der Waals surface area (Å²) in [5.41, 5.74) is 7.85. The number of aromatic nitrogens is 4. The minimum absolute atomic E-state index is 0.193. The van der Waals surface area contributed by atoms with Crippen molar-refractivity contribution in [2.75, 3.05) is 12.3 Å². The number of unbranched alkanes of at least 4 members (excludes halogenated alkanes) is 1. The van der Waals surface area contributed by atoms with Crippen LogP contribution in [0.1, 0.15) is 31.1 Å². The first kappa shape index (κ1) is 21.2.